The summed E-state index contributed by atoms with van der Waals surface area (Å²) in [5.41, 5.74) is 1.74. The Balaban J connectivity index is 1.77. The summed E-state index contributed by atoms with van der Waals surface area (Å²) in [6, 6.07) is 14.5. The van der Waals surface area contributed by atoms with E-state index in [1.807, 2.05) is 54.6 Å². The minimum absolute atomic E-state index is 0.0928. The van der Waals surface area contributed by atoms with E-state index < -0.39 is 35.7 Å². The average molecular weight is 452 g/mol. The molecule has 2 aromatic carbocycles. The summed E-state index contributed by atoms with van der Waals surface area (Å²) in [4.78, 5) is 40.5. The molecule has 8 heteroatoms. The fourth-order valence-corrected chi connectivity index (χ4v) is 3.50. The second-order valence-electron chi connectivity index (χ2n) is 8.85. The molecule has 174 valence electrons. The van der Waals surface area contributed by atoms with Gasteiger partial charge >= 0.3 is 12.1 Å². The zero-order valence-corrected chi connectivity index (χ0v) is 18.9. The number of aromatic nitrogens is 1. The van der Waals surface area contributed by atoms with Crippen molar-refractivity contribution in [1.29, 1.82) is 0 Å². The molecule has 2 atom stereocenters. The van der Waals surface area contributed by atoms with Gasteiger partial charge in [0, 0.05) is 29.9 Å². The van der Waals surface area contributed by atoms with Gasteiger partial charge in [-0.3, -0.25) is 4.79 Å². The number of carboxylic acid groups (broad SMARTS) is 1. The first-order valence-corrected chi connectivity index (χ1v) is 10.7. The first-order valence-electron chi connectivity index (χ1n) is 10.7. The third-order valence-electron chi connectivity index (χ3n) is 5.00. The summed E-state index contributed by atoms with van der Waals surface area (Å²) in [6.07, 6.45) is 1.27. The monoisotopic (exact) mass is 451 g/mol. The molecular weight excluding hydrogens is 422 g/mol. The van der Waals surface area contributed by atoms with Crippen molar-refractivity contribution in [2.24, 2.45) is 0 Å². The highest BCUT2D eigenvalue weighted by molar-refractivity contribution is 5.90. The molecule has 8 nitrogen and oxygen atoms in total. The summed E-state index contributed by atoms with van der Waals surface area (Å²) < 4.78 is 5.29. The molecule has 1 aromatic heterocycles. The van der Waals surface area contributed by atoms with Crippen LogP contribution in [0.5, 0.6) is 0 Å². The summed E-state index contributed by atoms with van der Waals surface area (Å²) >= 11 is 0. The molecule has 0 fully saturated rings. The maximum absolute atomic E-state index is 13.1. The number of hydrogen-bond acceptors (Lipinski definition) is 4. The molecule has 3 rings (SSSR count). The number of amides is 2. The van der Waals surface area contributed by atoms with Gasteiger partial charge in [0.1, 0.15) is 17.7 Å². The predicted octanol–water partition coefficient (Wildman–Crippen LogP) is 3.42. The maximum Gasteiger partial charge on any atom is 0.408 e. The number of para-hydroxylation sites is 1. The van der Waals surface area contributed by atoms with Gasteiger partial charge in [0.05, 0.1) is 0 Å². The van der Waals surface area contributed by atoms with Crippen molar-refractivity contribution < 1.29 is 24.2 Å². The third-order valence-corrected chi connectivity index (χ3v) is 5.00. The van der Waals surface area contributed by atoms with Crippen LogP contribution in [-0.2, 0) is 27.2 Å². The molecule has 1 heterocycles. The fourth-order valence-electron chi connectivity index (χ4n) is 3.50. The standard InChI is InChI=1S/C25H29N3O5/c1-25(2,3)33-24(32)28-20(13-16-9-5-4-6-10-16)22(29)27-21(23(30)31)14-17-15-26-19-12-8-7-11-18(17)19/h4-12,15,20-21,26H,13-14H2,1-3H3,(H,27,29)(H,28,32)(H,30,31)/t20-,21+/m1/s1. The lowest BCUT2D eigenvalue weighted by molar-refractivity contribution is -0.142. The molecule has 0 spiro atoms. The molecule has 0 radical (unpaired) electrons. The van der Waals surface area contributed by atoms with Crippen LogP contribution in [0.1, 0.15) is 31.9 Å². The van der Waals surface area contributed by atoms with Crippen LogP contribution in [0.25, 0.3) is 10.9 Å². The zero-order chi connectivity index (χ0) is 24.0. The van der Waals surface area contributed by atoms with Gasteiger partial charge in [0.2, 0.25) is 5.91 Å². The molecule has 0 saturated carbocycles. The number of benzene rings is 2. The lowest BCUT2D eigenvalue weighted by Crippen LogP contribution is -2.53. The second-order valence-corrected chi connectivity index (χ2v) is 8.85. The Kier molecular flexibility index (Phi) is 7.37. The Labute approximate surface area is 192 Å². The van der Waals surface area contributed by atoms with Gasteiger partial charge in [-0.15, -0.1) is 0 Å². The van der Waals surface area contributed by atoms with Crippen LogP contribution in [0.2, 0.25) is 0 Å². The quantitative estimate of drug-likeness (QED) is 0.418. The SMILES string of the molecule is CC(C)(C)OC(=O)N[C@H](Cc1ccccc1)C(=O)N[C@@H](Cc1c[nH]c2ccccc12)C(=O)O. The van der Waals surface area contributed by atoms with E-state index >= 15 is 0 Å². The van der Waals surface area contributed by atoms with Crippen molar-refractivity contribution in [2.75, 3.05) is 0 Å². The number of carbonyl (C=O) groups is 3. The number of hydrogen-bond donors (Lipinski definition) is 4. The van der Waals surface area contributed by atoms with Crippen molar-refractivity contribution in [3.63, 3.8) is 0 Å². The van der Waals surface area contributed by atoms with E-state index in [4.69, 9.17) is 4.74 Å². The number of carboxylic acids is 1. The summed E-state index contributed by atoms with van der Waals surface area (Å²) in [7, 11) is 0. The van der Waals surface area contributed by atoms with Gasteiger partial charge in [-0.1, -0.05) is 48.5 Å². The smallest absolute Gasteiger partial charge is 0.408 e. The molecule has 0 unspecified atom stereocenters. The molecule has 0 aliphatic carbocycles. The number of alkyl carbamates (subject to hydrolysis) is 1. The molecule has 0 saturated heterocycles. The normalized spacial score (nSPS) is 13.2. The highest BCUT2D eigenvalue weighted by atomic mass is 16.6. The minimum atomic E-state index is -1.17. The zero-order valence-electron chi connectivity index (χ0n) is 18.9. The van der Waals surface area contributed by atoms with Crippen molar-refractivity contribution in [2.45, 2.75) is 51.3 Å². The van der Waals surface area contributed by atoms with Crippen LogP contribution >= 0.6 is 0 Å². The minimum Gasteiger partial charge on any atom is -0.480 e. The van der Waals surface area contributed by atoms with E-state index in [2.05, 4.69) is 15.6 Å². The van der Waals surface area contributed by atoms with Crippen molar-refractivity contribution >= 4 is 28.9 Å². The van der Waals surface area contributed by atoms with Crippen LogP contribution in [0.4, 0.5) is 4.79 Å². The number of aromatic amines is 1. The van der Waals surface area contributed by atoms with Crippen molar-refractivity contribution in [1.82, 2.24) is 15.6 Å². The number of rotatable bonds is 8. The first kappa shape index (κ1) is 23.8. The van der Waals surface area contributed by atoms with E-state index in [0.717, 1.165) is 22.0 Å². The summed E-state index contributed by atoms with van der Waals surface area (Å²) in [5.74, 6) is -1.76. The number of aliphatic carboxylic acids is 1. The molecule has 0 aliphatic rings. The van der Waals surface area contributed by atoms with Crippen LogP contribution < -0.4 is 10.6 Å². The highest BCUT2D eigenvalue weighted by Crippen LogP contribution is 2.19. The molecule has 2 amide bonds. The molecular formula is C25H29N3O5. The Morgan fingerprint density at radius 1 is 0.939 bits per heavy atom. The maximum atomic E-state index is 13.1. The first-order chi connectivity index (χ1) is 15.6. The summed E-state index contributed by atoms with van der Waals surface area (Å²) in [6.45, 7) is 5.17. The predicted molar refractivity (Wildman–Crippen MR) is 125 cm³/mol. The van der Waals surface area contributed by atoms with Gasteiger partial charge in [-0.25, -0.2) is 9.59 Å². The molecule has 4 N–H and O–H groups in total. The summed E-state index contributed by atoms with van der Waals surface area (Å²) in [5, 5.41) is 15.8. The third kappa shape index (κ3) is 6.83. The number of H-pyrrole nitrogens is 1. The molecule has 0 aliphatic heterocycles. The molecule has 33 heavy (non-hydrogen) atoms. The van der Waals surface area contributed by atoms with Crippen molar-refractivity contribution in [3.8, 4) is 0 Å². The van der Waals surface area contributed by atoms with Crippen LogP contribution in [0.15, 0.2) is 60.8 Å². The van der Waals surface area contributed by atoms with Gasteiger partial charge < -0.3 is 25.5 Å². The Morgan fingerprint density at radius 3 is 2.27 bits per heavy atom. The Hall–Kier alpha value is -3.81. The van der Waals surface area contributed by atoms with E-state index in [1.165, 1.54) is 0 Å². The number of fused-ring (bicyclic) bond motifs is 1. The van der Waals surface area contributed by atoms with Crippen LogP contribution in [-0.4, -0.2) is 45.7 Å². The van der Waals surface area contributed by atoms with E-state index in [-0.39, 0.29) is 12.8 Å². The molecule has 3 aromatic rings. The Morgan fingerprint density at radius 2 is 1.61 bits per heavy atom. The molecule has 0 bridgehead atoms. The van der Waals surface area contributed by atoms with Gasteiger partial charge in [-0.05, 0) is 38.0 Å². The fraction of sp³-hybridized carbons (Fsp3) is 0.320. The van der Waals surface area contributed by atoms with Gasteiger partial charge in [-0.2, -0.15) is 0 Å². The van der Waals surface area contributed by atoms with E-state index in [0.29, 0.717) is 0 Å². The lowest BCUT2D eigenvalue weighted by atomic mass is 10.0. The Bertz CT molecular complexity index is 1120. The lowest BCUT2D eigenvalue weighted by Gasteiger charge is -2.24. The second kappa shape index (κ2) is 10.2. The van der Waals surface area contributed by atoms with Gasteiger partial charge in [0.25, 0.3) is 0 Å². The average Bonchev–Trinajstić information content (AvgIpc) is 3.15. The van der Waals surface area contributed by atoms with Gasteiger partial charge in [0.15, 0.2) is 0 Å². The van der Waals surface area contributed by atoms with Crippen LogP contribution in [0, 0.1) is 0 Å². The number of nitrogens with one attached hydrogen (secondary N) is 3. The van der Waals surface area contributed by atoms with Crippen molar-refractivity contribution in [3.05, 3.63) is 71.9 Å². The topological polar surface area (TPSA) is 121 Å². The number of carbonyl (C=O) groups excluding carboxylic acids is 2. The highest BCUT2D eigenvalue weighted by Gasteiger charge is 2.29. The van der Waals surface area contributed by atoms with Crippen LogP contribution in [0.3, 0.4) is 0 Å². The van der Waals surface area contributed by atoms with E-state index in [1.54, 1.807) is 27.0 Å². The van der Waals surface area contributed by atoms with E-state index in [9.17, 15) is 19.5 Å². The number of ether oxygens (including phenoxy) is 1. The largest absolute Gasteiger partial charge is 0.480 e.